The van der Waals surface area contributed by atoms with E-state index in [-0.39, 0.29) is 24.3 Å². The van der Waals surface area contributed by atoms with Gasteiger partial charge in [-0.05, 0) is 18.8 Å². The number of carbonyl (C=O) groups excluding carboxylic acids is 1. The summed E-state index contributed by atoms with van der Waals surface area (Å²) in [5, 5.41) is 14.7. The molecule has 0 bridgehead atoms. The molecular formula is C12H22N2O4. The number of rotatable bonds is 8. The summed E-state index contributed by atoms with van der Waals surface area (Å²) in [5.41, 5.74) is 0. The predicted octanol–water partition coefficient (Wildman–Crippen LogP) is -0.160. The number of aliphatic carboxylic acids is 1. The molecule has 0 saturated heterocycles. The molecule has 0 aromatic heterocycles. The minimum absolute atomic E-state index is 0.0745. The van der Waals surface area contributed by atoms with Gasteiger partial charge in [0, 0.05) is 20.2 Å². The Kier molecular flexibility index (Phi) is 6.67. The number of ether oxygens (including phenoxy) is 1. The summed E-state index contributed by atoms with van der Waals surface area (Å²) in [7, 11) is 1.61. The number of hydrogen-bond acceptors (Lipinski definition) is 4. The molecule has 104 valence electrons. The first kappa shape index (κ1) is 14.9. The van der Waals surface area contributed by atoms with E-state index in [4.69, 9.17) is 9.84 Å². The quantitative estimate of drug-likeness (QED) is 0.527. The highest BCUT2D eigenvalue weighted by atomic mass is 16.5. The van der Waals surface area contributed by atoms with Crippen molar-refractivity contribution in [2.45, 2.75) is 19.3 Å². The second kappa shape index (κ2) is 8.05. The van der Waals surface area contributed by atoms with E-state index in [1.807, 2.05) is 0 Å². The van der Waals surface area contributed by atoms with Crippen molar-refractivity contribution in [1.82, 2.24) is 10.6 Å². The second-order valence-electron chi connectivity index (χ2n) is 4.61. The molecule has 1 amide bonds. The lowest BCUT2D eigenvalue weighted by atomic mass is 9.96. The molecule has 0 aliphatic heterocycles. The fraction of sp³-hybridized carbons (Fsp3) is 0.833. The van der Waals surface area contributed by atoms with Gasteiger partial charge in [-0.15, -0.1) is 0 Å². The molecule has 2 unspecified atom stereocenters. The van der Waals surface area contributed by atoms with Crippen molar-refractivity contribution in [3.05, 3.63) is 0 Å². The van der Waals surface area contributed by atoms with Gasteiger partial charge in [0.15, 0.2) is 0 Å². The molecule has 6 nitrogen and oxygen atoms in total. The number of amides is 1. The third kappa shape index (κ3) is 5.01. The van der Waals surface area contributed by atoms with Crippen LogP contribution in [0.4, 0.5) is 0 Å². The van der Waals surface area contributed by atoms with E-state index < -0.39 is 5.97 Å². The van der Waals surface area contributed by atoms with Crippen molar-refractivity contribution in [3.8, 4) is 0 Å². The number of hydrogen-bond donors (Lipinski definition) is 3. The Morgan fingerprint density at radius 1 is 1.39 bits per heavy atom. The molecule has 1 aliphatic carbocycles. The SMILES string of the molecule is COCCNCC(=O)NCC1CCCC1C(=O)O. The third-order valence-corrected chi connectivity index (χ3v) is 3.31. The summed E-state index contributed by atoms with van der Waals surface area (Å²) >= 11 is 0. The second-order valence-corrected chi connectivity index (χ2v) is 4.61. The van der Waals surface area contributed by atoms with Crippen LogP contribution in [0.2, 0.25) is 0 Å². The highest BCUT2D eigenvalue weighted by molar-refractivity contribution is 5.78. The van der Waals surface area contributed by atoms with E-state index in [0.717, 1.165) is 19.3 Å². The number of carboxylic acid groups (broad SMARTS) is 1. The molecule has 18 heavy (non-hydrogen) atoms. The molecule has 0 heterocycles. The summed E-state index contributed by atoms with van der Waals surface area (Å²) in [4.78, 5) is 22.4. The van der Waals surface area contributed by atoms with Gasteiger partial charge >= 0.3 is 5.97 Å². The summed E-state index contributed by atoms with van der Waals surface area (Å²) in [6, 6.07) is 0. The zero-order valence-corrected chi connectivity index (χ0v) is 10.8. The highest BCUT2D eigenvalue weighted by Crippen LogP contribution is 2.31. The van der Waals surface area contributed by atoms with Crippen LogP contribution in [0.5, 0.6) is 0 Å². The average Bonchev–Trinajstić information content (AvgIpc) is 2.80. The van der Waals surface area contributed by atoms with Crippen molar-refractivity contribution >= 4 is 11.9 Å². The van der Waals surface area contributed by atoms with Crippen molar-refractivity contribution in [3.63, 3.8) is 0 Å². The van der Waals surface area contributed by atoms with Crippen molar-refractivity contribution in [2.24, 2.45) is 11.8 Å². The van der Waals surface area contributed by atoms with Gasteiger partial charge in [0.1, 0.15) is 0 Å². The number of methoxy groups -OCH3 is 1. The maximum absolute atomic E-state index is 11.5. The Labute approximate surface area is 107 Å². The Hall–Kier alpha value is -1.14. The number of carbonyl (C=O) groups is 2. The maximum Gasteiger partial charge on any atom is 0.306 e. The topological polar surface area (TPSA) is 87.7 Å². The average molecular weight is 258 g/mol. The summed E-state index contributed by atoms with van der Waals surface area (Å²) in [5.74, 6) is -1.07. The first-order valence-electron chi connectivity index (χ1n) is 6.34. The monoisotopic (exact) mass is 258 g/mol. The lowest BCUT2D eigenvalue weighted by Crippen LogP contribution is -2.39. The lowest BCUT2D eigenvalue weighted by molar-refractivity contribution is -0.143. The Morgan fingerprint density at radius 2 is 2.17 bits per heavy atom. The smallest absolute Gasteiger partial charge is 0.306 e. The van der Waals surface area contributed by atoms with Crippen LogP contribution in [0.25, 0.3) is 0 Å². The largest absolute Gasteiger partial charge is 0.481 e. The molecule has 1 rings (SSSR count). The van der Waals surface area contributed by atoms with Crippen molar-refractivity contribution < 1.29 is 19.4 Å². The predicted molar refractivity (Wildman–Crippen MR) is 66.2 cm³/mol. The van der Waals surface area contributed by atoms with Crippen LogP contribution in [-0.4, -0.2) is 50.3 Å². The van der Waals surface area contributed by atoms with Gasteiger partial charge < -0.3 is 20.5 Å². The van der Waals surface area contributed by atoms with Gasteiger partial charge in [0.05, 0.1) is 19.1 Å². The number of nitrogens with one attached hydrogen (secondary N) is 2. The highest BCUT2D eigenvalue weighted by Gasteiger charge is 2.32. The molecule has 1 saturated carbocycles. The van der Waals surface area contributed by atoms with E-state index in [1.54, 1.807) is 7.11 Å². The number of carboxylic acids is 1. The van der Waals surface area contributed by atoms with Crippen LogP contribution in [-0.2, 0) is 14.3 Å². The molecule has 6 heteroatoms. The fourth-order valence-corrected chi connectivity index (χ4v) is 2.29. The third-order valence-electron chi connectivity index (χ3n) is 3.31. The van der Waals surface area contributed by atoms with Gasteiger partial charge in [-0.1, -0.05) is 6.42 Å². The van der Waals surface area contributed by atoms with Crippen LogP contribution in [0, 0.1) is 11.8 Å². The van der Waals surface area contributed by atoms with Gasteiger partial charge in [-0.2, -0.15) is 0 Å². The van der Waals surface area contributed by atoms with Crippen LogP contribution < -0.4 is 10.6 Å². The zero-order chi connectivity index (χ0) is 13.4. The minimum atomic E-state index is -0.745. The van der Waals surface area contributed by atoms with E-state index in [9.17, 15) is 9.59 Å². The lowest BCUT2D eigenvalue weighted by Gasteiger charge is -2.16. The minimum Gasteiger partial charge on any atom is -0.481 e. The van der Waals surface area contributed by atoms with Crippen LogP contribution in [0.1, 0.15) is 19.3 Å². The molecule has 0 radical (unpaired) electrons. The van der Waals surface area contributed by atoms with Crippen LogP contribution >= 0.6 is 0 Å². The Morgan fingerprint density at radius 3 is 2.83 bits per heavy atom. The first-order valence-corrected chi connectivity index (χ1v) is 6.34. The first-order chi connectivity index (χ1) is 8.65. The van der Waals surface area contributed by atoms with Gasteiger partial charge in [-0.3, -0.25) is 9.59 Å². The van der Waals surface area contributed by atoms with E-state index in [1.165, 1.54) is 0 Å². The molecule has 3 N–H and O–H groups in total. The summed E-state index contributed by atoms with van der Waals surface area (Å²) in [6.45, 7) is 1.90. The summed E-state index contributed by atoms with van der Waals surface area (Å²) in [6.07, 6.45) is 2.54. The van der Waals surface area contributed by atoms with Gasteiger partial charge in [0.25, 0.3) is 0 Å². The molecular weight excluding hydrogens is 236 g/mol. The molecule has 1 aliphatic rings. The molecule has 0 spiro atoms. The van der Waals surface area contributed by atoms with Gasteiger partial charge in [-0.25, -0.2) is 0 Å². The standard InChI is InChI=1S/C12H22N2O4/c1-18-6-5-13-8-11(15)14-7-9-3-2-4-10(9)12(16)17/h9-10,13H,2-8H2,1H3,(H,14,15)(H,16,17). The summed E-state index contributed by atoms with van der Waals surface area (Å²) < 4.78 is 4.85. The molecule has 1 fully saturated rings. The van der Waals surface area contributed by atoms with Crippen molar-refractivity contribution in [1.29, 1.82) is 0 Å². The fourth-order valence-electron chi connectivity index (χ4n) is 2.29. The van der Waals surface area contributed by atoms with E-state index in [2.05, 4.69) is 10.6 Å². The zero-order valence-electron chi connectivity index (χ0n) is 10.8. The maximum atomic E-state index is 11.5. The molecule has 0 aromatic rings. The van der Waals surface area contributed by atoms with Gasteiger partial charge in [0.2, 0.25) is 5.91 Å². The Balaban J connectivity index is 2.15. The Bertz CT molecular complexity index is 283. The van der Waals surface area contributed by atoms with Crippen molar-refractivity contribution in [2.75, 3.05) is 33.4 Å². The van der Waals surface area contributed by atoms with E-state index >= 15 is 0 Å². The normalized spacial score (nSPS) is 22.9. The molecule has 2 atom stereocenters. The van der Waals surface area contributed by atoms with E-state index in [0.29, 0.717) is 19.7 Å². The van der Waals surface area contributed by atoms with Crippen LogP contribution in [0.15, 0.2) is 0 Å². The molecule has 0 aromatic carbocycles. The van der Waals surface area contributed by atoms with Crippen LogP contribution in [0.3, 0.4) is 0 Å².